The molecule has 0 saturated carbocycles. The molecule has 0 radical (unpaired) electrons. The number of rotatable bonds is 11. The van der Waals surface area contributed by atoms with Crippen molar-refractivity contribution in [3.63, 3.8) is 0 Å². The second-order valence-corrected chi connectivity index (χ2v) is 7.37. The average Bonchev–Trinajstić information content (AvgIpc) is 3.15. The van der Waals surface area contributed by atoms with Crippen LogP contribution in [0.3, 0.4) is 0 Å². The first-order valence-electron chi connectivity index (χ1n) is 10.0. The van der Waals surface area contributed by atoms with E-state index in [1.54, 1.807) is 7.11 Å². The maximum Gasteiger partial charge on any atom is 0.193 e. The molecule has 1 heterocycles. The van der Waals surface area contributed by atoms with E-state index in [-0.39, 0.29) is 24.0 Å². The third-order valence-electron chi connectivity index (χ3n) is 4.74. The molecule has 0 bridgehead atoms. The first-order valence-corrected chi connectivity index (χ1v) is 10.0. The van der Waals surface area contributed by atoms with E-state index >= 15 is 0 Å². The van der Waals surface area contributed by atoms with Gasteiger partial charge in [-0.25, -0.2) is 0 Å². The number of guanidine groups is 1. The molecule has 1 atom stereocenters. The summed E-state index contributed by atoms with van der Waals surface area (Å²) in [5, 5.41) is 3.48. The fraction of sp³-hybridized carbons (Fsp3) is 0.667. The van der Waals surface area contributed by atoms with Gasteiger partial charge in [0.05, 0.1) is 19.8 Å². The monoisotopic (exact) mass is 520 g/mol. The van der Waals surface area contributed by atoms with Gasteiger partial charge >= 0.3 is 0 Å². The molecular weight excluding hydrogens is 483 g/mol. The van der Waals surface area contributed by atoms with Crippen LogP contribution in [0.1, 0.15) is 12.0 Å². The van der Waals surface area contributed by atoms with E-state index in [1.165, 1.54) is 5.56 Å². The van der Waals surface area contributed by atoms with Crippen molar-refractivity contribution in [1.82, 2.24) is 15.1 Å². The number of ether oxygens (including phenoxy) is 3. The molecule has 0 spiro atoms. The largest absolute Gasteiger partial charge is 0.492 e. The van der Waals surface area contributed by atoms with Gasteiger partial charge in [-0.15, -0.1) is 24.0 Å². The molecule has 1 aliphatic heterocycles. The Labute approximate surface area is 192 Å². The van der Waals surface area contributed by atoms with Crippen LogP contribution < -0.4 is 10.1 Å². The van der Waals surface area contributed by atoms with Crippen LogP contribution in [-0.4, -0.2) is 90.1 Å². The Morgan fingerprint density at radius 3 is 2.83 bits per heavy atom. The van der Waals surface area contributed by atoms with Crippen molar-refractivity contribution in [1.29, 1.82) is 0 Å². The van der Waals surface area contributed by atoms with E-state index in [2.05, 4.69) is 32.2 Å². The molecule has 29 heavy (non-hydrogen) atoms. The molecule has 0 amide bonds. The predicted molar refractivity (Wildman–Crippen MR) is 128 cm³/mol. The molecule has 1 N–H and O–H groups in total. The minimum Gasteiger partial charge on any atom is -0.492 e. The van der Waals surface area contributed by atoms with E-state index in [1.807, 2.05) is 33.3 Å². The van der Waals surface area contributed by atoms with Gasteiger partial charge in [0, 0.05) is 46.3 Å². The smallest absolute Gasteiger partial charge is 0.193 e. The summed E-state index contributed by atoms with van der Waals surface area (Å²) in [7, 11) is 7.63. The summed E-state index contributed by atoms with van der Waals surface area (Å²) >= 11 is 0. The van der Waals surface area contributed by atoms with E-state index < -0.39 is 0 Å². The summed E-state index contributed by atoms with van der Waals surface area (Å²) in [5.41, 5.74) is 1.18. The molecule has 1 aromatic carbocycles. The number of likely N-dealkylation sites (N-methyl/N-ethyl adjacent to an activating group) is 1. The van der Waals surface area contributed by atoms with Gasteiger partial charge in [0.2, 0.25) is 0 Å². The van der Waals surface area contributed by atoms with E-state index in [9.17, 15) is 0 Å². The normalized spacial score (nSPS) is 16.8. The molecule has 1 aliphatic rings. The number of nitrogens with zero attached hydrogens (tertiary/aromatic N) is 3. The van der Waals surface area contributed by atoms with Gasteiger partial charge in [-0.1, -0.05) is 12.1 Å². The van der Waals surface area contributed by atoms with E-state index in [0.717, 1.165) is 50.9 Å². The molecule has 1 fully saturated rings. The first-order chi connectivity index (χ1) is 13.6. The van der Waals surface area contributed by atoms with Crippen molar-refractivity contribution in [2.75, 3.05) is 74.3 Å². The quantitative estimate of drug-likeness (QED) is 0.209. The fourth-order valence-electron chi connectivity index (χ4n) is 3.16. The van der Waals surface area contributed by atoms with Gasteiger partial charge in [0.1, 0.15) is 12.4 Å². The first kappa shape index (κ1) is 25.9. The highest BCUT2D eigenvalue weighted by molar-refractivity contribution is 14.0. The number of benzene rings is 1. The van der Waals surface area contributed by atoms with Crippen molar-refractivity contribution in [3.05, 3.63) is 29.8 Å². The number of hydrogen-bond donors (Lipinski definition) is 1. The molecule has 0 aromatic heterocycles. The zero-order valence-electron chi connectivity index (χ0n) is 18.2. The molecule has 7 nitrogen and oxygen atoms in total. The lowest BCUT2D eigenvalue weighted by Gasteiger charge is -2.22. The zero-order chi connectivity index (χ0) is 20.2. The van der Waals surface area contributed by atoms with Gasteiger partial charge in [0.25, 0.3) is 0 Å². The molecule has 1 unspecified atom stereocenters. The second kappa shape index (κ2) is 14.8. The van der Waals surface area contributed by atoms with Crippen LogP contribution in [0, 0.1) is 5.92 Å². The van der Waals surface area contributed by atoms with Gasteiger partial charge in [-0.3, -0.25) is 4.99 Å². The molecule has 8 heteroatoms. The van der Waals surface area contributed by atoms with Crippen LogP contribution in [0.25, 0.3) is 0 Å². The molecular formula is C21H37IN4O3. The summed E-state index contributed by atoms with van der Waals surface area (Å²) in [6, 6.07) is 8.23. The van der Waals surface area contributed by atoms with Crippen LogP contribution in [0.5, 0.6) is 5.75 Å². The Morgan fingerprint density at radius 1 is 1.28 bits per heavy atom. The number of methoxy groups -OCH3 is 1. The molecule has 2 rings (SSSR count). The summed E-state index contributed by atoms with van der Waals surface area (Å²) in [5.74, 6) is 2.40. The molecule has 166 valence electrons. The third kappa shape index (κ3) is 9.97. The Hall–Kier alpha value is -1.10. The standard InChI is InChI=1S/C21H36N4O3.HI/c1-22-21(25-9-8-19(16-25)17-27-13-12-26-4)23-15-18-6-5-7-20(14-18)28-11-10-24(2)3;/h5-7,14,19H,8-13,15-17H2,1-4H3,(H,22,23);1H. The van der Waals surface area contributed by atoms with Crippen molar-refractivity contribution in [2.45, 2.75) is 13.0 Å². The second-order valence-electron chi connectivity index (χ2n) is 7.37. The van der Waals surface area contributed by atoms with Gasteiger partial charge in [-0.05, 0) is 38.2 Å². The third-order valence-corrected chi connectivity index (χ3v) is 4.74. The van der Waals surface area contributed by atoms with Crippen LogP contribution in [0.2, 0.25) is 0 Å². The highest BCUT2D eigenvalue weighted by Gasteiger charge is 2.24. The maximum absolute atomic E-state index is 5.83. The number of halogens is 1. The molecule has 1 aromatic rings. The van der Waals surface area contributed by atoms with Gasteiger partial charge < -0.3 is 29.3 Å². The van der Waals surface area contributed by atoms with Gasteiger partial charge in [0.15, 0.2) is 5.96 Å². The minimum absolute atomic E-state index is 0. The lowest BCUT2D eigenvalue weighted by molar-refractivity contribution is 0.0536. The topological polar surface area (TPSA) is 58.6 Å². The SMILES string of the molecule is CN=C(NCc1cccc(OCCN(C)C)c1)N1CCC(COCCOC)C1.I. The van der Waals surface area contributed by atoms with Crippen molar-refractivity contribution in [3.8, 4) is 5.75 Å². The number of likely N-dealkylation sites (tertiary alicyclic amines) is 1. The maximum atomic E-state index is 5.83. The summed E-state index contributed by atoms with van der Waals surface area (Å²) in [4.78, 5) is 8.87. The highest BCUT2D eigenvalue weighted by Crippen LogP contribution is 2.17. The van der Waals surface area contributed by atoms with Gasteiger partial charge in [-0.2, -0.15) is 0 Å². The molecule has 0 aliphatic carbocycles. The Morgan fingerprint density at radius 2 is 2.10 bits per heavy atom. The van der Waals surface area contributed by atoms with E-state index in [0.29, 0.717) is 25.7 Å². The predicted octanol–water partition coefficient (Wildman–Crippen LogP) is 2.31. The van der Waals surface area contributed by atoms with Crippen LogP contribution in [0.4, 0.5) is 0 Å². The highest BCUT2D eigenvalue weighted by atomic mass is 127. The summed E-state index contributed by atoms with van der Waals surface area (Å²) < 4.78 is 16.5. The minimum atomic E-state index is 0. The molecule has 1 saturated heterocycles. The zero-order valence-corrected chi connectivity index (χ0v) is 20.6. The van der Waals surface area contributed by atoms with Crippen molar-refractivity contribution < 1.29 is 14.2 Å². The summed E-state index contributed by atoms with van der Waals surface area (Å²) in [6.07, 6.45) is 1.13. The van der Waals surface area contributed by atoms with Crippen molar-refractivity contribution in [2.24, 2.45) is 10.9 Å². The number of aliphatic imine (C=N–C) groups is 1. The van der Waals surface area contributed by atoms with Crippen molar-refractivity contribution >= 4 is 29.9 Å². The lowest BCUT2D eigenvalue weighted by Crippen LogP contribution is -2.39. The Kier molecular flexibility index (Phi) is 13.2. The lowest BCUT2D eigenvalue weighted by atomic mass is 10.1. The average molecular weight is 520 g/mol. The van der Waals surface area contributed by atoms with Crippen LogP contribution in [0.15, 0.2) is 29.3 Å². The Balaban J connectivity index is 0.00000420. The van der Waals surface area contributed by atoms with E-state index in [4.69, 9.17) is 14.2 Å². The Bertz CT molecular complexity index is 601. The van der Waals surface area contributed by atoms with Crippen LogP contribution >= 0.6 is 24.0 Å². The summed E-state index contributed by atoms with van der Waals surface area (Å²) in [6.45, 7) is 6.39. The number of nitrogens with one attached hydrogen (secondary N) is 1. The van der Waals surface area contributed by atoms with Crippen LogP contribution in [-0.2, 0) is 16.0 Å². The fourth-order valence-corrected chi connectivity index (χ4v) is 3.16. The number of hydrogen-bond acceptors (Lipinski definition) is 5.